The van der Waals surface area contributed by atoms with E-state index in [1.54, 1.807) is 19.2 Å². The smallest absolute Gasteiger partial charge is 0.240 e. The van der Waals surface area contributed by atoms with Gasteiger partial charge in [-0.25, -0.2) is 8.42 Å². The number of aromatic nitrogens is 1. The molecule has 0 aliphatic heterocycles. The van der Waals surface area contributed by atoms with Gasteiger partial charge >= 0.3 is 0 Å². The van der Waals surface area contributed by atoms with Gasteiger partial charge in [-0.1, -0.05) is 22.0 Å². The number of halogens is 1. The fourth-order valence-electron chi connectivity index (χ4n) is 2.10. The van der Waals surface area contributed by atoms with E-state index in [0.717, 1.165) is 9.35 Å². The van der Waals surface area contributed by atoms with E-state index in [2.05, 4.69) is 26.2 Å². The van der Waals surface area contributed by atoms with Gasteiger partial charge < -0.3 is 14.5 Å². The third-order valence-electron chi connectivity index (χ3n) is 3.30. The third-order valence-corrected chi connectivity index (χ3v) is 6.36. The fourth-order valence-corrected chi connectivity index (χ4v) is 4.29. The van der Waals surface area contributed by atoms with Crippen molar-refractivity contribution in [2.24, 2.45) is 0 Å². The Hall–Kier alpha value is -1.68. The predicted octanol–water partition coefficient (Wildman–Crippen LogP) is 4.06. The minimum absolute atomic E-state index is 0.114. The van der Waals surface area contributed by atoms with E-state index in [1.807, 2.05) is 17.5 Å². The van der Waals surface area contributed by atoms with Gasteiger partial charge in [-0.2, -0.15) is 4.98 Å². The molecule has 2 aromatic heterocycles. The summed E-state index contributed by atoms with van der Waals surface area (Å²) in [6, 6.07) is 10.1. The van der Waals surface area contributed by atoms with Crippen LogP contribution in [0, 0.1) is 0 Å². The van der Waals surface area contributed by atoms with Crippen LogP contribution in [0.4, 0.5) is 5.88 Å². The lowest BCUT2D eigenvalue weighted by molar-refractivity contribution is 0.210. The Balaban J connectivity index is 2.04. The van der Waals surface area contributed by atoms with Gasteiger partial charge in [0.15, 0.2) is 0 Å². The molecule has 0 bridgehead atoms. The molecule has 1 N–H and O–H groups in total. The van der Waals surface area contributed by atoms with Crippen LogP contribution in [0.2, 0.25) is 0 Å². The maximum absolute atomic E-state index is 13.0. The number of anilines is 1. The van der Waals surface area contributed by atoms with Crippen molar-refractivity contribution >= 4 is 43.0 Å². The molecule has 132 valence electrons. The molecule has 9 heteroatoms. The molecule has 0 aliphatic carbocycles. The van der Waals surface area contributed by atoms with E-state index < -0.39 is 9.84 Å². The zero-order chi connectivity index (χ0) is 17.9. The molecule has 0 fully saturated rings. The number of oxazole rings is 1. The van der Waals surface area contributed by atoms with Crippen LogP contribution in [-0.2, 0) is 14.6 Å². The van der Waals surface area contributed by atoms with Crippen molar-refractivity contribution < 1.29 is 17.6 Å². The number of sulfone groups is 1. The molecule has 0 spiro atoms. The summed E-state index contributed by atoms with van der Waals surface area (Å²) in [6.45, 7) is 0.811. The van der Waals surface area contributed by atoms with E-state index in [-0.39, 0.29) is 21.7 Å². The molecule has 1 aromatic carbocycles. The summed E-state index contributed by atoms with van der Waals surface area (Å²) in [7, 11) is -2.25. The lowest BCUT2D eigenvalue weighted by Gasteiger charge is -2.05. The van der Waals surface area contributed by atoms with Crippen LogP contribution in [0.3, 0.4) is 0 Å². The summed E-state index contributed by atoms with van der Waals surface area (Å²) in [5, 5.41) is 4.69. The minimum Gasteiger partial charge on any atom is -0.418 e. The minimum atomic E-state index is -3.82. The summed E-state index contributed by atoms with van der Waals surface area (Å²) in [5.41, 5.74) is 0. The molecule has 0 unspecified atom stereocenters. The highest BCUT2D eigenvalue weighted by molar-refractivity contribution is 9.10. The van der Waals surface area contributed by atoms with Gasteiger partial charge in [0.2, 0.25) is 26.6 Å². The first-order valence-corrected chi connectivity index (χ1v) is 10.5. The Kier molecular flexibility index (Phi) is 5.57. The molecule has 3 rings (SSSR count). The second kappa shape index (κ2) is 7.69. The van der Waals surface area contributed by atoms with Crippen LogP contribution in [0.1, 0.15) is 0 Å². The van der Waals surface area contributed by atoms with Crippen molar-refractivity contribution in [3.05, 3.63) is 46.3 Å². The van der Waals surface area contributed by atoms with E-state index in [1.165, 1.54) is 23.5 Å². The third kappa shape index (κ3) is 3.95. The predicted molar refractivity (Wildman–Crippen MR) is 99.8 cm³/mol. The van der Waals surface area contributed by atoms with Gasteiger partial charge in [-0.15, -0.1) is 11.3 Å². The number of nitrogens with zero attached hydrogens (tertiary/aromatic N) is 1. The quantitative estimate of drug-likeness (QED) is 0.555. The van der Waals surface area contributed by atoms with Crippen LogP contribution in [0.15, 0.2) is 60.6 Å². The van der Waals surface area contributed by atoms with Crippen LogP contribution in [0.5, 0.6) is 0 Å². The van der Waals surface area contributed by atoms with Crippen LogP contribution in [0.25, 0.3) is 10.8 Å². The fraction of sp³-hybridized carbons (Fsp3) is 0.188. The van der Waals surface area contributed by atoms with Crippen LogP contribution >= 0.6 is 27.3 Å². The number of ether oxygens (including phenoxy) is 1. The van der Waals surface area contributed by atoms with Crippen molar-refractivity contribution in [1.29, 1.82) is 0 Å². The Labute approximate surface area is 157 Å². The second-order valence-corrected chi connectivity index (χ2v) is 8.74. The molecule has 6 nitrogen and oxygen atoms in total. The van der Waals surface area contributed by atoms with Gasteiger partial charge in [-0.05, 0) is 35.7 Å². The zero-order valence-corrected chi connectivity index (χ0v) is 16.4. The summed E-state index contributed by atoms with van der Waals surface area (Å²) >= 11 is 4.73. The summed E-state index contributed by atoms with van der Waals surface area (Å²) in [6.07, 6.45) is 0. The maximum atomic E-state index is 13.0. The van der Waals surface area contributed by atoms with Gasteiger partial charge in [0.05, 0.1) is 16.4 Å². The molecule has 3 aromatic rings. The highest BCUT2D eigenvalue weighted by Crippen LogP contribution is 2.34. The van der Waals surface area contributed by atoms with E-state index >= 15 is 0 Å². The summed E-state index contributed by atoms with van der Waals surface area (Å²) < 4.78 is 37.4. The monoisotopic (exact) mass is 442 g/mol. The van der Waals surface area contributed by atoms with Gasteiger partial charge in [0.1, 0.15) is 0 Å². The molecule has 0 saturated heterocycles. The Morgan fingerprint density at radius 1 is 1.28 bits per heavy atom. The molecule has 0 atom stereocenters. The van der Waals surface area contributed by atoms with E-state index in [4.69, 9.17) is 9.15 Å². The maximum Gasteiger partial charge on any atom is 0.240 e. The lowest BCUT2D eigenvalue weighted by atomic mass is 10.4. The molecule has 0 radical (unpaired) electrons. The number of methoxy groups -OCH3 is 1. The Bertz CT molecular complexity index is 935. The van der Waals surface area contributed by atoms with Crippen molar-refractivity contribution in [2.45, 2.75) is 9.92 Å². The normalized spacial score (nSPS) is 11.6. The number of rotatable bonds is 7. The number of nitrogens with one attached hydrogen (secondary N) is 1. The summed E-state index contributed by atoms with van der Waals surface area (Å²) in [5.74, 6) is 0.383. The molecular formula is C16H15BrN2O4S2. The second-order valence-electron chi connectivity index (χ2n) is 5.01. The highest BCUT2D eigenvalue weighted by Gasteiger charge is 2.28. The molecule has 0 amide bonds. The standard InChI is InChI=1S/C16H15BrN2O4S2/c1-22-9-8-18-15-16(19-14(23-15)13-3-2-10-24-13)25(20,21)12-6-4-11(17)5-7-12/h2-7,10,18H,8-9H2,1H3. The first-order valence-electron chi connectivity index (χ1n) is 7.30. The van der Waals surface area contributed by atoms with Crippen LogP contribution in [-0.4, -0.2) is 33.7 Å². The van der Waals surface area contributed by atoms with Gasteiger partial charge in [-0.3, -0.25) is 0 Å². The molecule has 0 saturated carbocycles. The average Bonchev–Trinajstić information content (AvgIpc) is 3.25. The Morgan fingerprint density at radius 3 is 2.68 bits per heavy atom. The van der Waals surface area contributed by atoms with Crippen molar-refractivity contribution in [1.82, 2.24) is 4.98 Å². The van der Waals surface area contributed by atoms with Gasteiger partial charge in [0.25, 0.3) is 0 Å². The highest BCUT2D eigenvalue weighted by atomic mass is 79.9. The molecule has 25 heavy (non-hydrogen) atoms. The number of thiophene rings is 1. The first-order chi connectivity index (χ1) is 12.0. The zero-order valence-electron chi connectivity index (χ0n) is 13.2. The number of hydrogen-bond acceptors (Lipinski definition) is 7. The van der Waals surface area contributed by atoms with Crippen molar-refractivity contribution in [3.63, 3.8) is 0 Å². The number of benzene rings is 1. The summed E-state index contributed by atoms with van der Waals surface area (Å²) in [4.78, 5) is 5.15. The van der Waals surface area contributed by atoms with E-state index in [9.17, 15) is 8.42 Å². The van der Waals surface area contributed by atoms with Crippen molar-refractivity contribution in [3.8, 4) is 10.8 Å². The van der Waals surface area contributed by atoms with Gasteiger partial charge in [0, 0.05) is 18.1 Å². The molecular weight excluding hydrogens is 428 g/mol. The largest absolute Gasteiger partial charge is 0.418 e. The SMILES string of the molecule is COCCNc1oc(-c2cccs2)nc1S(=O)(=O)c1ccc(Br)cc1. The molecule has 0 aliphatic rings. The lowest BCUT2D eigenvalue weighted by Crippen LogP contribution is -2.11. The van der Waals surface area contributed by atoms with Crippen LogP contribution < -0.4 is 5.32 Å². The Morgan fingerprint density at radius 2 is 2.04 bits per heavy atom. The topological polar surface area (TPSA) is 81.4 Å². The van der Waals surface area contributed by atoms with Crippen molar-refractivity contribution in [2.75, 3.05) is 25.6 Å². The van der Waals surface area contributed by atoms with E-state index in [0.29, 0.717) is 13.2 Å². The first kappa shape index (κ1) is 18.1. The average molecular weight is 443 g/mol. The number of hydrogen-bond donors (Lipinski definition) is 1. The molecule has 2 heterocycles.